The second-order valence-electron chi connectivity index (χ2n) is 3.83. The number of terminal acetylenes is 1. The quantitative estimate of drug-likeness (QED) is 0.394. The third kappa shape index (κ3) is 2.27. The van der Waals surface area contributed by atoms with Gasteiger partial charge in [0.1, 0.15) is 0 Å². The van der Waals surface area contributed by atoms with Gasteiger partial charge in [-0.15, -0.1) is 12.3 Å². The van der Waals surface area contributed by atoms with Crippen molar-refractivity contribution in [2.24, 2.45) is 5.84 Å². The van der Waals surface area contributed by atoms with Gasteiger partial charge in [-0.05, 0) is 19.8 Å². The lowest BCUT2D eigenvalue weighted by molar-refractivity contribution is -0.0602. The molecule has 0 amide bonds. The Morgan fingerprint density at radius 1 is 1.57 bits per heavy atom. The summed E-state index contributed by atoms with van der Waals surface area (Å²) in [7, 11) is 0. The van der Waals surface area contributed by atoms with Crippen molar-refractivity contribution in [2.45, 2.75) is 50.7 Å². The number of hydrazine groups is 1. The molecule has 1 atom stereocenters. The molecular weight excluding hydrogens is 176 g/mol. The van der Waals surface area contributed by atoms with Gasteiger partial charge in [0, 0.05) is 13.0 Å². The van der Waals surface area contributed by atoms with Crippen molar-refractivity contribution in [3.63, 3.8) is 0 Å². The summed E-state index contributed by atoms with van der Waals surface area (Å²) in [6.45, 7) is 2.74. The zero-order valence-corrected chi connectivity index (χ0v) is 8.88. The zero-order valence-electron chi connectivity index (χ0n) is 8.88. The molecule has 0 aliphatic heterocycles. The van der Waals surface area contributed by atoms with Crippen LogP contribution in [0.5, 0.6) is 0 Å². The number of nitrogens with two attached hydrogens (primary N) is 1. The lowest BCUT2D eigenvalue weighted by Crippen LogP contribution is -2.53. The molecule has 0 radical (unpaired) electrons. The number of hydrogen-bond acceptors (Lipinski definition) is 3. The lowest BCUT2D eigenvalue weighted by atomic mass is 9.90. The van der Waals surface area contributed by atoms with Gasteiger partial charge in [0.2, 0.25) is 0 Å². The molecule has 0 bridgehead atoms. The van der Waals surface area contributed by atoms with Gasteiger partial charge in [0.15, 0.2) is 0 Å². The van der Waals surface area contributed by atoms with Crippen molar-refractivity contribution in [1.29, 1.82) is 0 Å². The van der Waals surface area contributed by atoms with Gasteiger partial charge >= 0.3 is 0 Å². The van der Waals surface area contributed by atoms with Crippen LogP contribution in [-0.2, 0) is 4.74 Å². The maximum atomic E-state index is 5.86. The van der Waals surface area contributed by atoms with Gasteiger partial charge in [-0.25, -0.2) is 0 Å². The van der Waals surface area contributed by atoms with E-state index >= 15 is 0 Å². The molecule has 0 heterocycles. The fourth-order valence-electron chi connectivity index (χ4n) is 2.37. The van der Waals surface area contributed by atoms with Crippen molar-refractivity contribution in [3.8, 4) is 12.3 Å². The minimum atomic E-state index is -0.115. The minimum absolute atomic E-state index is 0.0925. The van der Waals surface area contributed by atoms with Crippen molar-refractivity contribution in [1.82, 2.24) is 5.43 Å². The fourth-order valence-corrected chi connectivity index (χ4v) is 2.37. The van der Waals surface area contributed by atoms with Crippen LogP contribution >= 0.6 is 0 Å². The molecule has 1 fully saturated rings. The molecule has 1 aliphatic carbocycles. The van der Waals surface area contributed by atoms with Crippen LogP contribution in [0.2, 0.25) is 0 Å². The molecule has 1 saturated carbocycles. The summed E-state index contributed by atoms with van der Waals surface area (Å²) in [4.78, 5) is 0. The Morgan fingerprint density at radius 3 is 2.64 bits per heavy atom. The summed E-state index contributed by atoms with van der Waals surface area (Å²) in [6.07, 6.45) is 10.5. The summed E-state index contributed by atoms with van der Waals surface area (Å²) in [5.74, 6) is 8.18. The van der Waals surface area contributed by atoms with E-state index < -0.39 is 0 Å². The van der Waals surface area contributed by atoms with E-state index in [-0.39, 0.29) is 11.6 Å². The highest BCUT2D eigenvalue weighted by Crippen LogP contribution is 2.36. The van der Waals surface area contributed by atoms with Gasteiger partial charge in [-0.2, -0.15) is 0 Å². The average molecular weight is 196 g/mol. The van der Waals surface area contributed by atoms with Crippen LogP contribution in [0.15, 0.2) is 0 Å². The van der Waals surface area contributed by atoms with Crippen molar-refractivity contribution in [3.05, 3.63) is 0 Å². The first-order valence-corrected chi connectivity index (χ1v) is 5.32. The number of rotatable bonds is 5. The predicted octanol–water partition coefficient (Wildman–Crippen LogP) is 1.19. The molecule has 3 heteroatoms. The molecule has 0 aromatic rings. The topological polar surface area (TPSA) is 47.3 Å². The van der Waals surface area contributed by atoms with Crippen LogP contribution in [0.4, 0.5) is 0 Å². The first-order valence-electron chi connectivity index (χ1n) is 5.32. The van der Waals surface area contributed by atoms with Crippen LogP contribution in [0, 0.1) is 12.3 Å². The minimum Gasteiger partial charge on any atom is -0.374 e. The Bertz CT molecular complexity index is 204. The van der Waals surface area contributed by atoms with Gasteiger partial charge < -0.3 is 4.74 Å². The molecule has 0 aromatic carbocycles. The van der Waals surface area contributed by atoms with E-state index in [1.54, 1.807) is 0 Å². The molecule has 14 heavy (non-hydrogen) atoms. The van der Waals surface area contributed by atoms with Crippen molar-refractivity contribution < 1.29 is 4.74 Å². The smallest absolute Gasteiger partial charge is 0.0857 e. The molecule has 0 saturated heterocycles. The van der Waals surface area contributed by atoms with E-state index in [4.69, 9.17) is 17.0 Å². The molecule has 0 aromatic heterocycles. The summed E-state index contributed by atoms with van der Waals surface area (Å²) in [5, 5.41) is 0. The fraction of sp³-hybridized carbons (Fsp3) is 0.818. The van der Waals surface area contributed by atoms with E-state index in [2.05, 4.69) is 11.3 Å². The Hall–Kier alpha value is -0.560. The SMILES string of the molecule is C#CCC(NN)C1(OCC)CCCC1. The largest absolute Gasteiger partial charge is 0.374 e. The van der Waals surface area contributed by atoms with Gasteiger partial charge in [-0.3, -0.25) is 11.3 Å². The van der Waals surface area contributed by atoms with Crippen LogP contribution < -0.4 is 11.3 Å². The Labute approximate surface area is 86.4 Å². The lowest BCUT2D eigenvalue weighted by Gasteiger charge is -2.36. The van der Waals surface area contributed by atoms with E-state index in [0.717, 1.165) is 19.4 Å². The number of nitrogens with one attached hydrogen (secondary N) is 1. The van der Waals surface area contributed by atoms with Crippen LogP contribution in [0.1, 0.15) is 39.0 Å². The van der Waals surface area contributed by atoms with Gasteiger partial charge in [-0.1, -0.05) is 12.8 Å². The highest BCUT2D eigenvalue weighted by Gasteiger charge is 2.41. The number of ether oxygens (including phenoxy) is 1. The first kappa shape index (κ1) is 11.5. The molecule has 3 N–H and O–H groups in total. The molecule has 1 unspecified atom stereocenters. The summed E-state index contributed by atoms with van der Waals surface area (Å²) >= 11 is 0. The molecular formula is C11H20N2O. The van der Waals surface area contributed by atoms with Gasteiger partial charge in [0.05, 0.1) is 11.6 Å². The van der Waals surface area contributed by atoms with E-state index in [0.29, 0.717) is 6.42 Å². The molecule has 3 nitrogen and oxygen atoms in total. The van der Waals surface area contributed by atoms with E-state index in [1.165, 1.54) is 12.8 Å². The predicted molar refractivity (Wildman–Crippen MR) is 57.4 cm³/mol. The summed E-state index contributed by atoms with van der Waals surface area (Å²) in [6, 6.07) is 0.0925. The second-order valence-corrected chi connectivity index (χ2v) is 3.83. The molecule has 1 aliphatic rings. The highest BCUT2D eigenvalue weighted by atomic mass is 16.5. The van der Waals surface area contributed by atoms with Crippen molar-refractivity contribution >= 4 is 0 Å². The van der Waals surface area contributed by atoms with Crippen LogP contribution in [0.25, 0.3) is 0 Å². The first-order chi connectivity index (χ1) is 6.79. The van der Waals surface area contributed by atoms with Crippen molar-refractivity contribution in [2.75, 3.05) is 6.61 Å². The highest BCUT2D eigenvalue weighted by molar-refractivity contribution is 5.02. The summed E-state index contributed by atoms with van der Waals surface area (Å²) < 4.78 is 5.86. The van der Waals surface area contributed by atoms with E-state index in [1.807, 2.05) is 6.92 Å². The standard InChI is InChI=1S/C11H20N2O/c1-3-7-10(13-12)11(14-4-2)8-5-6-9-11/h1,10,13H,4-9,12H2,2H3. The maximum Gasteiger partial charge on any atom is 0.0857 e. The monoisotopic (exact) mass is 196 g/mol. The summed E-state index contributed by atoms with van der Waals surface area (Å²) in [5.41, 5.74) is 2.69. The molecule has 80 valence electrons. The Balaban J connectivity index is 2.68. The maximum absolute atomic E-state index is 5.86. The Kier molecular flexibility index (Phi) is 4.40. The molecule has 1 rings (SSSR count). The third-order valence-electron chi connectivity index (χ3n) is 3.04. The zero-order chi connectivity index (χ0) is 10.4. The molecule has 0 spiro atoms. The average Bonchev–Trinajstić information content (AvgIpc) is 2.64. The van der Waals surface area contributed by atoms with Crippen LogP contribution in [0.3, 0.4) is 0 Å². The van der Waals surface area contributed by atoms with E-state index in [9.17, 15) is 0 Å². The van der Waals surface area contributed by atoms with Crippen LogP contribution in [-0.4, -0.2) is 18.2 Å². The number of hydrogen-bond donors (Lipinski definition) is 2. The Morgan fingerprint density at radius 2 is 2.21 bits per heavy atom. The normalized spacial score (nSPS) is 21.8. The third-order valence-corrected chi connectivity index (χ3v) is 3.04. The second kappa shape index (κ2) is 5.35. The van der Waals surface area contributed by atoms with Gasteiger partial charge in [0.25, 0.3) is 0 Å².